The lowest BCUT2D eigenvalue weighted by Crippen LogP contribution is -2.26. The summed E-state index contributed by atoms with van der Waals surface area (Å²) in [5.74, 6) is -0.0288. The SMILES string of the molecule is COC(O)c1cccc(CN2C(=O)C(=C(c3ccccc3)c3ccsc3)c3ccccc32)c1. The van der Waals surface area contributed by atoms with Crippen molar-refractivity contribution in [1.29, 1.82) is 0 Å². The molecule has 1 atom stereocenters. The first-order chi connectivity index (χ1) is 16.2. The zero-order chi connectivity index (χ0) is 22.8. The van der Waals surface area contributed by atoms with E-state index < -0.39 is 6.29 Å². The van der Waals surface area contributed by atoms with Crippen LogP contribution < -0.4 is 4.90 Å². The second kappa shape index (κ2) is 9.16. The van der Waals surface area contributed by atoms with Crippen LogP contribution in [0.25, 0.3) is 11.1 Å². The quantitative estimate of drug-likeness (QED) is 0.292. The predicted octanol–water partition coefficient (Wildman–Crippen LogP) is 5.89. The minimum absolute atomic E-state index is 0.0288. The maximum absolute atomic E-state index is 13.9. The van der Waals surface area contributed by atoms with Gasteiger partial charge in [-0.25, -0.2) is 0 Å². The second-order valence-corrected chi connectivity index (χ2v) is 8.65. The monoisotopic (exact) mass is 453 g/mol. The van der Waals surface area contributed by atoms with Gasteiger partial charge >= 0.3 is 0 Å². The van der Waals surface area contributed by atoms with Crippen LogP contribution in [0.2, 0.25) is 0 Å². The van der Waals surface area contributed by atoms with Crippen LogP contribution in [-0.2, 0) is 16.1 Å². The number of benzene rings is 3. The molecule has 0 saturated carbocycles. The fourth-order valence-corrected chi connectivity index (χ4v) is 4.96. The van der Waals surface area contributed by atoms with E-state index in [1.807, 2.05) is 89.1 Å². The minimum atomic E-state index is -0.995. The molecule has 0 aliphatic carbocycles. The van der Waals surface area contributed by atoms with Gasteiger partial charge in [0.05, 0.1) is 17.8 Å². The van der Waals surface area contributed by atoms with Crippen LogP contribution in [0.1, 0.15) is 34.1 Å². The average molecular weight is 454 g/mol. The molecule has 2 heterocycles. The molecule has 164 valence electrons. The summed E-state index contributed by atoms with van der Waals surface area (Å²) in [4.78, 5) is 15.8. The smallest absolute Gasteiger partial charge is 0.259 e. The Morgan fingerprint density at radius 1 is 0.970 bits per heavy atom. The van der Waals surface area contributed by atoms with Gasteiger partial charge in [-0.2, -0.15) is 11.3 Å². The Morgan fingerprint density at radius 3 is 2.52 bits per heavy atom. The first kappa shape index (κ1) is 21.3. The van der Waals surface area contributed by atoms with Gasteiger partial charge in [-0.1, -0.05) is 66.7 Å². The molecule has 5 heteroatoms. The van der Waals surface area contributed by atoms with Gasteiger partial charge in [0, 0.05) is 23.8 Å². The van der Waals surface area contributed by atoms with Crippen molar-refractivity contribution in [3.8, 4) is 0 Å². The summed E-state index contributed by atoms with van der Waals surface area (Å²) in [6.45, 7) is 0.398. The highest BCUT2D eigenvalue weighted by Crippen LogP contribution is 2.44. The fraction of sp³-hybridized carbons (Fsp3) is 0.107. The van der Waals surface area contributed by atoms with E-state index in [2.05, 4.69) is 11.4 Å². The number of thiophene rings is 1. The number of hydrogen-bond acceptors (Lipinski definition) is 4. The van der Waals surface area contributed by atoms with Crippen molar-refractivity contribution in [3.05, 3.63) is 124 Å². The number of hydrogen-bond donors (Lipinski definition) is 1. The third-order valence-corrected chi connectivity index (χ3v) is 6.53. The fourth-order valence-electron chi connectivity index (χ4n) is 4.31. The van der Waals surface area contributed by atoms with Gasteiger partial charge in [-0.3, -0.25) is 4.79 Å². The summed E-state index contributed by atoms with van der Waals surface area (Å²) in [5.41, 5.74) is 7.11. The van der Waals surface area contributed by atoms with Crippen LogP contribution >= 0.6 is 11.3 Å². The van der Waals surface area contributed by atoms with Crippen LogP contribution in [0.3, 0.4) is 0 Å². The van der Waals surface area contributed by atoms with Gasteiger partial charge in [0.1, 0.15) is 0 Å². The van der Waals surface area contributed by atoms with Crippen LogP contribution in [0.5, 0.6) is 0 Å². The van der Waals surface area contributed by atoms with Gasteiger partial charge in [0.2, 0.25) is 0 Å². The Labute approximate surface area is 197 Å². The van der Waals surface area contributed by atoms with Gasteiger partial charge in [-0.05, 0) is 45.6 Å². The molecule has 1 aliphatic heterocycles. The summed E-state index contributed by atoms with van der Waals surface area (Å²) >= 11 is 1.62. The lowest BCUT2D eigenvalue weighted by Gasteiger charge is -2.19. The molecule has 1 unspecified atom stereocenters. The second-order valence-electron chi connectivity index (χ2n) is 7.87. The summed E-state index contributed by atoms with van der Waals surface area (Å²) in [7, 11) is 1.46. The molecule has 4 nitrogen and oxygen atoms in total. The standard InChI is InChI=1S/C28H23NO3S/c1-32-28(31)21-11-7-8-19(16-21)17-29-24-13-6-5-12-23(24)26(27(29)30)25(22-14-15-33-18-22)20-9-3-2-4-10-20/h2-16,18,28,31H,17H2,1H3. The molecular formula is C28H23NO3S. The van der Waals surface area contributed by atoms with Crippen molar-refractivity contribution in [2.45, 2.75) is 12.8 Å². The van der Waals surface area contributed by atoms with Crippen molar-refractivity contribution in [3.63, 3.8) is 0 Å². The molecular weight excluding hydrogens is 430 g/mol. The van der Waals surface area contributed by atoms with E-state index in [1.165, 1.54) is 7.11 Å². The lowest BCUT2D eigenvalue weighted by atomic mass is 9.91. The molecule has 0 spiro atoms. The Balaban J connectivity index is 1.64. The van der Waals surface area contributed by atoms with Crippen molar-refractivity contribution < 1.29 is 14.6 Å². The van der Waals surface area contributed by atoms with E-state index in [0.29, 0.717) is 17.7 Å². The molecule has 0 radical (unpaired) electrons. The Hall–Kier alpha value is -3.51. The van der Waals surface area contributed by atoms with E-state index >= 15 is 0 Å². The molecule has 1 amide bonds. The van der Waals surface area contributed by atoms with Crippen molar-refractivity contribution in [2.24, 2.45) is 0 Å². The van der Waals surface area contributed by atoms with Crippen LogP contribution in [-0.4, -0.2) is 18.1 Å². The maximum Gasteiger partial charge on any atom is 0.259 e. The number of carbonyl (C=O) groups is 1. The molecule has 4 aromatic rings. The molecule has 0 saturated heterocycles. The van der Waals surface area contributed by atoms with Crippen LogP contribution in [0.15, 0.2) is 95.7 Å². The van der Waals surface area contributed by atoms with Gasteiger partial charge in [0.15, 0.2) is 6.29 Å². The van der Waals surface area contributed by atoms with Crippen LogP contribution in [0, 0.1) is 0 Å². The van der Waals surface area contributed by atoms with E-state index in [1.54, 1.807) is 11.3 Å². The highest BCUT2D eigenvalue weighted by Gasteiger charge is 2.35. The number of carbonyl (C=O) groups excluding carboxylic acids is 1. The number of amides is 1. The summed E-state index contributed by atoms with van der Waals surface area (Å²) in [6.07, 6.45) is -0.995. The van der Waals surface area contributed by atoms with E-state index in [9.17, 15) is 9.90 Å². The zero-order valence-electron chi connectivity index (χ0n) is 18.1. The average Bonchev–Trinajstić information content (AvgIpc) is 3.48. The molecule has 1 N–H and O–H groups in total. The first-order valence-electron chi connectivity index (χ1n) is 10.7. The summed E-state index contributed by atoms with van der Waals surface area (Å²) < 4.78 is 5.05. The molecule has 0 fully saturated rings. The summed E-state index contributed by atoms with van der Waals surface area (Å²) in [5, 5.41) is 14.2. The van der Waals surface area contributed by atoms with E-state index in [-0.39, 0.29) is 5.91 Å². The Morgan fingerprint density at radius 2 is 1.76 bits per heavy atom. The first-order valence-corrected chi connectivity index (χ1v) is 11.6. The lowest BCUT2D eigenvalue weighted by molar-refractivity contribution is -0.113. The number of para-hydroxylation sites is 1. The highest BCUT2D eigenvalue weighted by atomic mass is 32.1. The largest absolute Gasteiger partial charge is 0.364 e. The zero-order valence-corrected chi connectivity index (χ0v) is 19.0. The van der Waals surface area contributed by atoms with Crippen molar-refractivity contribution in [1.82, 2.24) is 0 Å². The number of anilines is 1. The minimum Gasteiger partial charge on any atom is -0.364 e. The third-order valence-electron chi connectivity index (χ3n) is 5.85. The number of nitrogens with zero attached hydrogens (tertiary/aromatic N) is 1. The molecule has 1 aromatic heterocycles. The van der Waals surface area contributed by atoms with E-state index in [4.69, 9.17) is 4.74 Å². The van der Waals surface area contributed by atoms with Crippen molar-refractivity contribution in [2.75, 3.05) is 12.0 Å². The Kier molecular flexibility index (Phi) is 5.92. The highest BCUT2D eigenvalue weighted by molar-refractivity contribution is 7.08. The molecule has 33 heavy (non-hydrogen) atoms. The number of rotatable bonds is 6. The maximum atomic E-state index is 13.9. The van der Waals surface area contributed by atoms with Gasteiger partial charge in [0.25, 0.3) is 5.91 Å². The van der Waals surface area contributed by atoms with Gasteiger partial charge < -0.3 is 14.7 Å². The molecule has 3 aromatic carbocycles. The molecule has 0 bridgehead atoms. The van der Waals surface area contributed by atoms with Gasteiger partial charge in [-0.15, -0.1) is 0 Å². The number of fused-ring (bicyclic) bond motifs is 1. The normalized spacial score (nSPS) is 15.5. The molecule has 1 aliphatic rings. The topological polar surface area (TPSA) is 49.8 Å². The van der Waals surface area contributed by atoms with Crippen molar-refractivity contribution >= 4 is 34.1 Å². The number of methoxy groups -OCH3 is 1. The molecule has 5 rings (SSSR count). The van der Waals surface area contributed by atoms with E-state index in [0.717, 1.165) is 33.5 Å². The number of ether oxygens (including phenoxy) is 1. The van der Waals surface area contributed by atoms with Crippen LogP contribution in [0.4, 0.5) is 5.69 Å². The summed E-state index contributed by atoms with van der Waals surface area (Å²) in [6, 6.07) is 27.6. The Bertz CT molecular complexity index is 1310. The number of aliphatic hydroxyl groups excluding tert-OH is 1. The predicted molar refractivity (Wildman–Crippen MR) is 133 cm³/mol. The number of aliphatic hydroxyl groups is 1. The third kappa shape index (κ3) is 4.02.